The average Bonchev–Trinajstić information content (AvgIpc) is 2.88. The first-order chi connectivity index (χ1) is 9.33. The predicted octanol–water partition coefficient (Wildman–Crippen LogP) is 1.88. The zero-order chi connectivity index (χ0) is 13.1. The molecule has 1 N–H and O–H groups in total. The Bertz CT molecular complexity index is 550. The molecule has 1 aliphatic heterocycles. The largest absolute Gasteiger partial charge is 0.367 e. The summed E-state index contributed by atoms with van der Waals surface area (Å²) in [5.74, 6) is 1.02. The van der Waals surface area contributed by atoms with E-state index in [4.69, 9.17) is 4.74 Å². The van der Waals surface area contributed by atoms with E-state index in [1.165, 1.54) is 11.1 Å². The first-order valence-corrected chi connectivity index (χ1v) is 6.70. The average molecular weight is 257 g/mol. The van der Waals surface area contributed by atoms with Crippen LogP contribution in [0.3, 0.4) is 0 Å². The number of ether oxygens (including phenoxy) is 1. The predicted molar refractivity (Wildman–Crippen MR) is 73.7 cm³/mol. The Morgan fingerprint density at radius 1 is 1.42 bits per heavy atom. The van der Waals surface area contributed by atoms with Crippen LogP contribution in [0.5, 0.6) is 0 Å². The zero-order valence-electron chi connectivity index (χ0n) is 11.2. The normalized spacial score (nSPS) is 18.3. The van der Waals surface area contributed by atoms with Crippen LogP contribution < -0.4 is 5.32 Å². The molecule has 0 aliphatic carbocycles. The second-order valence-corrected chi connectivity index (χ2v) is 4.99. The molecule has 0 amide bonds. The lowest BCUT2D eigenvalue weighted by Crippen LogP contribution is -2.36. The minimum absolute atomic E-state index is 0.228. The van der Waals surface area contributed by atoms with Crippen LogP contribution in [0.2, 0.25) is 0 Å². The van der Waals surface area contributed by atoms with Gasteiger partial charge in [-0.1, -0.05) is 24.3 Å². The summed E-state index contributed by atoms with van der Waals surface area (Å²) in [6, 6.07) is 8.46. The van der Waals surface area contributed by atoms with Crippen molar-refractivity contribution in [3.63, 3.8) is 0 Å². The maximum Gasteiger partial charge on any atom is 0.134 e. The molecule has 1 unspecified atom stereocenters. The molecule has 4 nitrogen and oxygen atoms in total. The molecule has 2 heterocycles. The summed E-state index contributed by atoms with van der Waals surface area (Å²) in [5.41, 5.74) is 2.68. The fraction of sp³-hybridized carbons (Fsp3) is 0.400. The Morgan fingerprint density at radius 2 is 2.32 bits per heavy atom. The molecule has 1 atom stereocenters. The summed E-state index contributed by atoms with van der Waals surface area (Å²) < 4.78 is 7.96. The molecular formula is C15H19N3O. The van der Waals surface area contributed by atoms with E-state index < -0.39 is 0 Å². The number of nitrogens with zero attached hydrogens (tertiary/aromatic N) is 2. The summed E-state index contributed by atoms with van der Waals surface area (Å²) in [7, 11) is 0. The highest BCUT2D eigenvalue weighted by Crippen LogP contribution is 2.12. The third kappa shape index (κ3) is 2.85. The third-order valence-electron chi connectivity index (χ3n) is 3.60. The molecule has 4 heteroatoms. The topological polar surface area (TPSA) is 39.1 Å². The fourth-order valence-electron chi connectivity index (χ4n) is 2.41. The van der Waals surface area contributed by atoms with Crippen molar-refractivity contribution < 1.29 is 4.74 Å². The molecule has 0 bridgehead atoms. The first-order valence-electron chi connectivity index (χ1n) is 6.70. The molecule has 0 spiro atoms. The van der Waals surface area contributed by atoms with E-state index in [9.17, 15) is 0 Å². The Hall–Kier alpha value is -1.65. The van der Waals surface area contributed by atoms with E-state index >= 15 is 0 Å². The van der Waals surface area contributed by atoms with Gasteiger partial charge in [0.1, 0.15) is 12.4 Å². The summed E-state index contributed by atoms with van der Waals surface area (Å²) >= 11 is 0. The molecule has 19 heavy (non-hydrogen) atoms. The van der Waals surface area contributed by atoms with Gasteiger partial charge in [-0.25, -0.2) is 4.98 Å². The number of hydrogen-bond donors (Lipinski definition) is 1. The van der Waals surface area contributed by atoms with Gasteiger partial charge in [0.25, 0.3) is 0 Å². The zero-order valence-corrected chi connectivity index (χ0v) is 11.2. The van der Waals surface area contributed by atoms with Crippen LogP contribution in [0.4, 0.5) is 0 Å². The molecule has 1 aromatic carbocycles. The second-order valence-electron chi connectivity index (χ2n) is 4.99. The van der Waals surface area contributed by atoms with Crippen LogP contribution in [0, 0.1) is 6.92 Å². The molecular weight excluding hydrogens is 238 g/mol. The van der Waals surface area contributed by atoms with E-state index in [-0.39, 0.29) is 6.10 Å². The van der Waals surface area contributed by atoms with Crippen molar-refractivity contribution in [1.29, 1.82) is 0 Å². The van der Waals surface area contributed by atoms with Crippen molar-refractivity contribution >= 4 is 0 Å². The Kier molecular flexibility index (Phi) is 3.62. The SMILES string of the molecule is Cc1ccccc1CNCC1Cn2ccnc2CO1. The highest BCUT2D eigenvalue weighted by Gasteiger charge is 2.18. The van der Waals surface area contributed by atoms with Gasteiger partial charge in [0, 0.05) is 25.5 Å². The first kappa shape index (κ1) is 12.4. The van der Waals surface area contributed by atoms with Gasteiger partial charge < -0.3 is 14.6 Å². The van der Waals surface area contributed by atoms with Crippen LogP contribution in [0.1, 0.15) is 17.0 Å². The standard InChI is InChI=1S/C15H19N3O/c1-12-4-2-3-5-13(12)8-16-9-14-10-18-7-6-17-15(18)11-19-14/h2-7,14,16H,8-11H2,1H3. The number of nitrogens with one attached hydrogen (secondary N) is 1. The second kappa shape index (κ2) is 5.55. The van der Waals surface area contributed by atoms with Crippen LogP contribution in [0.25, 0.3) is 0 Å². The van der Waals surface area contributed by atoms with Gasteiger partial charge in [-0.3, -0.25) is 0 Å². The maximum absolute atomic E-state index is 5.79. The molecule has 1 aromatic heterocycles. The number of imidazole rings is 1. The van der Waals surface area contributed by atoms with E-state index in [2.05, 4.69) is 46.1 Å². The van der Waals surface area contributed by atoms with E-state index in [0.717, 1.165) is 25.5 Å². The van der Waals surface area contributed by atoms with Gasteiger partial charge in [-0.05, 0) is 18.1 Å². The van der Waals surface area contributed by atoms with Gasteiger partial charge in [-0.15, -0.1) is 0 Å². The quantitative estimate of drug-likeness (QED) is 0.909. The van der Waals surface area contributed by atoms with Crippen molar-refractivity contribution in [2.24, 2.45) is 0 Å². The molecule has 0 saturated carbocycles. The van der Waals surface area contributed by atoms with Crippen molar-refractivity contribution in [2.75, 3.05) is 6.54 Å². The summed E-state index contributed by atoms with van der Waals surface area (Å²) in [4.78, 5) is 4.25. The van der Waals surface area contributed by atoms with Crippen molar-refractivity contribution in [3.8, 4) is 0 Å². The third-order valence-corrected chi connectivity index (χ3v) is 3.60. The molecule has 2 aromatic rings. The summed E-state index contributed by atoms with van der Waals surface area (Å²) in [6.45, 7) is 5.40. The van der Waals surface area contributed by atoms with E-state index in [0.29, 0.717) is 6.61 Å². The lowest BCUT2D eigenvalue weighted by Gasteiger charge is -2.24. The van der Waals surface area contributed by atoms with Crippen molar-refractivity contribution in [3.05, 3.63) is 53.6 Å². The molecule has 100 valence electrons. The Balaban J connectivity index is 1.50. The van der Waals surface area contributed by atoms with Crippen LogP contribution in [0.15, 0.2) is 36.7 Å². The van der Waals surface area contributed by atoms with Crippen LogP contribution >= 0.6 is 0 Å². The van der Waals surface area contributed by atoms with Gasteiger partial charge >= 0.3 is 0 Å². The Labute approximate surface area is 113 Å². The number of benzene rings is 1. The summed E-state index contributed by atoms with van der Waals surface area (Å²) in [6.07, 6.45) is 4.08. The highest BCUT2D eigenvalue weighted by molar-refractivity contribution is 5.25. The van der Waals surface area contributed by atoms with Crippen molar-refractivity contribution in [1.82, 2.24) is 14.9 Å². The monoisotopic (exact) mass is 257 g/mol. The van der Waals surface area contributed by atoms with E-state index in [1.807, 2.05) is 12.4 Å². The lowest BCUT2D eigenvalue weighted by atomic mass is 10.1. The minimum atomic E-state index is 0.228. The number of rotatable bonds is 4. The number of hydrogen-bond acceptors (Lipinski definition) is 3. The number of aromatic nitrogens is 2. The van der Waals surface area contributed by atoms with Gasteiger partial charge in [0.15, 0.2) is 0 Å². The molecule has 0 saturated heterocycles. The van der Waals surface area contributed by atoms with Crippen LogP contribution in [-0.4, -0.2) is 22.2 Å². The molecule has 0 fully saturated rings. The minimum Gasteiger partial charge on any atom is -0.367 e. The molecule has 0 radical (unpaired) electrons. The smallest absolute Gasteiger partial charge is 0.134 e. The fourth-order valence-corrected chi connectivity index (χ4v) is 2.41. The number of fused-ring (bicyclic) bond motifs is 1. The van der Waals surface area contributed by atoms with E-state index in [1.54, 1.807) is 0 Å². The Morgan fingerprint density at radius 3 is 3.21 bits per heavy atom. The van der Waals surface area contributed by atoms with Crippen molar-refractivity contribution in [2.45, 2.75) is 32.7 Å². The lowest BCUT2D eigenvalue weighted by molar-refractivity contribution is 0.00277. The maximum atomic E-state index is 5.79. The van der Waals surface area contributed by atoms with Gasteiger partial charge in [0.2, 0.25) is 0 Å². The van der Waals surface area contributed by atoms with Crippen LogP contribution in [-0.2, 0) is 24.4 Å². The molecule has 1 aliphatic rings. The number of aryl methyl sites for hydroxylation is 1. The van der Waals surface area contributed by atoms with Gasteiger partial charge in [-0.2, -0.15) is 0 Å². The summed E-state index contributed by atoms with van der Waals surface area (Å²) in [5, 5.41) is 3.48. The molecule has 3 rings (SSSR count). The van der Waals surface area contributed by atoms with Gasteiger partial charge in [0.05, 0.1) is 12.6 Å². The highest BCUT2D eigenvalue weighted by atomic mass is 16.5.